The van der Waals surface area contributed by atoms with Gasteiger partial charge in [-0.3, -0.25) is 4.90 Å². The lowest BCUT2D eigenvalue weighted by Gasteiger charge is -2.40. The van der Waals surface area contributed by atoms with E-state index in [1.165, 1.54) is 11.1 Å². The Bertz CT molecular complexity index is 842. The Morgan fingerprint density at radius 3 is 1.71 bits per heavy atom. The largest absolute Gasteiger partial charge is 0.391 e. The van der Waals surface area contributed by atoms with E-state index in [0.29, 0.717) is 18.7 Å². The van der Waals surface area contributed by atoms with E-state index in [1.807, 2.05) is 18.2 Å². The lowest BCUT2D eigenvalue weighted by molar-refractivity contribution is 0.118. The molecule has 2 atom stereocenters. The summed E-state index contributed by atoms with van der Waals surface area (Å²) in [6.45, 7) is 0.506. The molecule has 0 unspecified atom stereocenters. The molecule has 0 N–H and O–H groups in total. The maximum atomic E-state index is 5.73. The molecule has 0 bridgehead atoms. The van der Waals surface area contributed by atoms with Gasteiger partial charge in [-0.05, 0) is 23.7 Å². The number of nitrogens with zero attached hydrogens (tertiary/aromatic N) is 2. The third-order valence-electron chi connectivity index (χ3n) is 5.48. The Balaban J connectivity index is 1.57. The van der Waals surface area contributed by atoms with Crippen LogP contribution in [0.4, 0.5) is 0 Å². The minimum Gasteiger partial charge on any atom is -0.391 e. The summed E-state index contributed by atoms with van der Waals surface area (Å²) in [5, 5.41) is 4.55. The van der Waals surface area contributed by atoms with Crippen LogP contribution >= 0.6 is 0 Å². The molecule has 142 valence electrons. The van der Waals surface area contributed by atoms with Crippen molar-refractivity contribution in [3.8, 4) is 0 Å². The van der Waals surface area contributed by atoms with Gasteiger partial charge in [-0.25, -0.2) is 0 Å². The normalized spacial score (nSPS) is 20.0. The SMILES string of the molecule is CN1[C@@H](c2ccccc2)CC(=NOCc2ccccc2)C[C@@H]1c1ccccc1. The number of rotatable bonds is 5. The molecule has 3 aromatic carbocycles. The minimum absolute atomic E-state index is 0.291. The van der Waals surface area contributed by atoms with Crippen LogP contribution in [-0.4, -0.2) is 17.7 Å². The third-order valence-corrected chi connectivity index (χ3v) is 5.48. The molecular weight excluding hydrogens is 344 g/mol. The summed E-state index contributed by atoms with van der Waals surface area (Å²) < 4.78 is 0. The standard InChI is InChI=1S/C25H26N2O/c1-27-24(21-13-7-3-8-14-21)17-23(18-25(27)22-15-9-4-10-16-22)26-28-19-20-11-5-2-6-12-20/h2-16,24-25H,17-19H2,1H3/t24-,25-/m1/s1. The first-order valence-electron chi connectivity index (χ1n) is 9.85. The molecule has 1 heterocycles. The molecular formula is C25H26N2O. The molecule has 1 saturated heterocycles. The van der Waals surface area contributed by atoms with Crippen molar-refractivity contribution >= 4 is 5.71 Å². The van der Waals surface area contributed by atoms with Crippen molar-refractivity contribution in [2.24, 2.45) is 5.16 Å². The quantitative estimate of drug-likeness (QED) is 0.533. The maximum Gasteiger partial charge on any atom is 0.142 e. The lowest BCUT2D eigenvalue weighted by atomic mass is 9.87. The molecule has 0 radical (unpaired) electrons. The molecule has 28 heavy (non-hydrogen) atoms. The summed E-state index contributed by atoms with van der Waals surface area (Å²) in [7, 11) is 2.22. The van der Waals surface area contributed by atoms with Crippen molar-refractivity contribution in [3.05, 3.63) is 108 Å². The van der Waals surface area contributed by atoms with Crippen LogP contribution in [0.5, 0.6) is 0 Å². The fourth-order valence-electron chi connectivity index (χ4n) is 3.94. The fraction of sp³-hybridized carbons (Fsp3) is 0.240. The van der Waals surface area contributed by atoms with Gasteiger partial charge >= 0.3 is 0 Å². The van der Waals surface area contributed by atoms with Gasteiger partial charge < -0.3 is 4.84 Å². The zero-order valence-electron chi connectivity index (χ0n) is 16.2. The summed E-state index contributed by atoms with van der Waals surface area (Å²) in [4.78, 5) is 8.21. The molecule has 3 nitrogen and oxygen atoms in total. The van der Waals surface area contributed by atoms with Crippen LogP contribution in [0.25, 0.3) is 0 Å². The van der Waals surface area contributed by atoms with Gasteiger partial charge in [-0.2, -0.15) is 0 Å². The minimum atomic E-state index is 0.291. The Morgan fingerprint density at radius 2 is 1.21 bits per heavy atom. The Labute approximate surface area is 167 Å². The Kier molecular flexibility index (Phi) is 5.83. The molecule has 4 rings (SSSR count). The first kappa shape index (κ1) is 18.5. The first-order chi connectivity index (χ1) is 13.8. The number of piperidine rings is 1. The predicted molar refractivity (Wildman–Crippen MR) is 114 cm³/mol. The van der Waals surface area contributed by atoms with Crippen LogP contribution < -0.4 is 0 Å². The van der Waals surface area contributed by atoms with Gasteiger partial charge in [0.2, 0.25) is 0 Å². The summed E-state index contributed by atoms with van der Waals surface area (Å²) in [6, 6.07) is 32.2. The molecule has 3 heteroatoms. The Morgan fingerprint density at radius 1 is 0.750 bits per heavy atom. The smallest absolute Gasteiger partial charge is 0.142 e. The average Bonchev–Trinajstić information content (AvgIpc) is 2.77. The molecule has 0 spiro atoms. The van der Waals surface area contributed by atoms with Gasteiger partial charge in [-0.1, -0.05) is 96.2 Å². The summed E-state index contributed by atoms with van der Waals surface area (Å²) in [6.07, 6.45) is 1.78. The summed E-state index contributed by atoms with van der Waals surface area (Å²) in [5.74, 6) is 0. The van der Waals surface area contributed by atoms with Crippen molar-refractivity contribution in [2.75, 3.05) is 7.05 Å². The van der Waals surface area contributed by atoms with Crippen LogP contribution in [-0.2, 0) is 11.4 Å². The lowest BCUT2D eigenvalue weighted by Crippen LogP contribution is -2.37. The van der Waals surface area contributed by atoms with Gasteiger partial charge in [0.25, 0.3) is 0 Å². The molecule has 1 fully saturated rings. The van der Waals surface area contributed by atoms with Gasteiger partial charge in [0.05, 0.1) is 5.71 Å². The third kappa shape index (κ3) is 4.32. The highest BCUT2D eigenvalue weighted by molar-refractivity contribution is 5.86. The van der Waals surface area contributed by atoms with E-state index in [1.54, 1.807) is 0 Å². The zero-order chi connectivity index (χ0) is 19.2. The van der Waals surface area contributed by atoms with Crippen LogP contribution in [0.3, 0.4) is 0 Å². The van der Waals surface area contributed by atoms with Gasteiger partial charge in [-0.15, -0.1) is 0 Å². The molecule has 1 aliphatic heterocycles. The second kappa shape index (κ2) is 8.85. The van der Waals surface area contributed by atoms with E-state index < -0.39 is 0 Å². The number of oxime groups is 1. The van der Waals surface area contributed by atoms with Crippen LogP contribution in [0.1, 0.15) is 41.6 Å². The highest BCUT2D eigenvalue weighted by Gasteiger charge is 2.33. The van der Waals surface area contributed by atoms with E-state index in [9.17, 15) is 0 Å². The second-order valence-corrected chi connectivity index (χ2v) is 7.34. The molecule has 0 aromatic heterocycles. The second-order valence-electron chi connectivity index (χ2n) is 7.34. The van der Waals surface area contributed by atoms with Gasteiger partial charge in [0.1, 0.15) is 6.61 Å². The van der Waals surface area contributed by atoms with Crippen molar-refractivity contribution in [1.29, 1.82) is 0 Å². The van der Waals surface area contributed by atoms with E-state index in [0.717, 1.165) is 24.1 Å². The van der Waals surface area contributed by atoms with Gasteiger partial charge in [0, 0.05) is 24.9 Å². The maximum absolute atomic E-state index is 5.73. The number of hydrogen-bond donors (Lipinski definition) is 0. The van der Waals surface area contributed by atoms with Crippen molar-refractivity contribution in [3.63, 3.8) is 0 Å². The average molecular weight is 370 g/mol. The van der Waals surface area contributed by atoms with E-state index >= 15 is 0 Å². The number of hydrogen-bond acceptors (Lipinski definition) is 3. The zero-order valence-corrected chi connectivity index (χ0v) is 16.2. The highest BCUT2D eigenvalue weighted by Crippen LogP contribution is 2.39. The summed E-state index contributed by atoms with van der Waals surface area (Å²) >= 11 is 0. The van der Waals surface area contributed by atoms with Crippen molar-refractivity contribution in [1.82, 2.24) is 4.90 Å². The van der Waals surface area contributed by atoms with Crippen LogP contribution in [0.15, 0.2) is 96.2 Å². The van der Waals surface area contributed by atoms with Crippen LogP contribution in [0, 0.1) is 0 Å². The van der Waals surface area contributed by atoms with Gasteiger partial charge in [0.15, 0.2) is 0 Å². The fourth-order valence-corrected chi connectivity index (χ4v) is 3.94. The van der Waals surface area contributed by atoms with Crippen molar-refractivity contribution in [2.45, 2.75) is 31.5 Å². The predicted octanol–water partition coefficient (Wildman–Crippen LogP) is 5.77. The highest BCUT2D eigenvalue weighted by atomic mass is 16.6. The molecule has 0 saturated carbocycles. The summed E-state index contributed by atoms with van der Waals surface area (Å²) in [5.41, 5.74) is 4.90. The molecule has 0 amide bonds. The monoisotopic (exact) mass is 370 g/mol. The molecule has 1 aliphatic rings. The first-order valence-corrected chi connectivity index (χ1v) is 9.85. The van der Waals surface area contributed by atoms with E-state index in [2.05, 4.69) is 89.9 Å². The number of benzene rings is 3. The Hall–Kier alpha value is -2.91. The van der Waals surface area contributed by atoms with E-state index in [-0.39, 0.29) is 0 Å². The number of likely N-dealkylation sites (tertiary alicyclic amines) is 1. The molecule has 3 aromatic rings. The van der Waals surface area contributed by atoms with E-state index in [4.69, 9.17) is 4.84 Å². The van der Waals surface area contributed by atoms with Crippen LogP contribution in [0.2, 0.25) is 0 Å². The topological polar surface area (TPSA) is 24.8 Å². The molecule has 0 aliphatic carbocycles. The van der Waals surface area contributed by atoms with Crippen molar-refractivity contribution < 1.29 is 4.84 Å².